The number of likely N-dealkylation sites (tertiary alicyclic amines) is 2. The largest absolute Gasteiger partial charge is 0.453 e. The van der Waals surface area contributed by atoms with Crippen LogP contribution in [0.1, 0.15) is 88.2 Å². The van der Waals surface area contributed by atoms with Crippen LogP contribution < -0.4 is 10.6 Å². The van der Waals surface area contributed by atoms with Gasteiger partial charge < -0.3 is 39.9 Å². The van der Waals surface area contributed by atoms with Crippen LogP contribution in [0, 0.1) is 35.5 Å². The van der Waals surface area contributed by atoms with E-state index in [0.29, 0.717) is 24.7 Å². The SMILES string of the molecule is COC(=O)N[C@H](C(=O)N1CCC[C@H]1c1nc2cc(C#CC#Cc3ccc4nc([C@@H]5CCCN5C(=O)[C@H](NC(=O)OC)C(C)C)[nH]c4c3)ccc2[nH]1)C(C)C. The van der Waals surface area contributed by atoms with Crippen LogP contribution in [0.25, 0.3) is 22.1 Å². The molecule has 4 aromatic rings. The maximum Gasteiger partial charge on any atom is 0.407 e. The summed E-state index contributed by atoms with van der Waals surface area (Å²) in [5.74, 6) is 12.9. The van der Waals surface area contributed by atoms with Crippen LogP contribution >= 0.6 is 0 Å². The molecule has 0 radical (unpaired) electrons. The first-order chi connectivity index (χ1) is 26.0. The highest BCUT2D eigenvalue weighted by atomic mass is 16.5. The Morgan fingerprint density at radius 1 is 0.704 bits per heavy atom. The molecule has 4 heterocycles. The average Bonchev–Trinajstić information content (AvgIpc) is 3.98. The molecule has 0 aliphatic carbocycles. The number of aromatic nitrogens is 4. The van der Waals surface area contributed by atoms with E-state index in [2.05, 4.69) is 44.3 Å². The minimum Gasteiger partial charge on any atom is -0.453 e. The van der Waals surface area contributed by atoms with Crippen molar-refractivity contribution in [2.75, 3.05) is 27.3 Å². The molecule has 14 nitrogen and oxygen atoms in total. The van der Waals surface area contributed by atoms with E-state index in [0.717, 1.165) is 58.9 Å². The first-order valence-electron chi connectivity index (χ1n) is 18.3. The number of imidazole rings is 2. The Balaban J connectivity index is 1.14. The molecule has 2 aromatic heterocycles. The van der Waals surface area contributed by atoms with Gasteiger partial charge in [0.15, 0.2) is 0 Å². The predicted molar refractivity (Wildman–Crippen MR) is 202 cm³/mol. The molecule has 4 N–H and O–H groups in total. The monoisotopic (exact) mass is 734 g/mol. The van der Waals surface area contributed by atoms with Gasteiger partial charge in [-0.2, -0.15) is 0 Å². The second-order valence-electron chi connectivity index (χ2n) is 14.3. The van der Waals surface area contributed by atoms with Crippen molar-refractivity contribution in [3.8, 4) is 23.7 Å². The summed E-state index contributed by atoms with van der Waals surface area (Å²) in [6.07, 6.45) is 1.91. The lowest BCUT2D eigenvalue weighted by molar-refractivity contribution is -0.136. The number of nitrogens with one attached hydrogen (secondary N) is 4. The van der Waals surface area contributed by atoms with Crippen molar-refractivity contribution in [3.05, 3.63) is 59.2 Å². The number of ether oxygens (including phenoxy) is 2. The zero-order valence-electron chi connectivity index (χ0n) is 31.4. The normalized spacial score (nSPS) is 17.9. The second kappa shape index (κ2) is 16.3. The van der Waals surface area contributed by atoms with Crippen LogP contribution in [0.2, 0.25) is 0 Å². The molecule has 4 amide bonds. The molecule has 14 heteroatoms. The van der Waals surface area contributed by atoms with Gasteiger partial charge >= 0.3 is 12.2 Å². The molecule has 54 heavy (non-hydrogen) atoms. The molecular weight excluding hydrogens is 688 g/mol. The molecule has 4 atom stereocenters. The van der Waals surface area contributed by atoms with Crippen LogP contribution in [0.5, 0.6) is 0 Å². The van der Waals surface area contributed by atoms with E-state index >= 15 is 0 Å². The number of fused-ring (bicyclic) bond motifs is 2. The third-order valence-electron chi connectivity index (χ3n) is 9.96. The molecule has 0 unspecified atom stereocenters. The zero-order chi connectivity index (χ0) is 38.5. The molecule has 0 bridgehead atoms. The third kappa shape index (κ3) is 8.13. The Hall–Kier alpha value is -6.02. The van der Waals surface area contributed by atoms with Gasteiger partial charge in [0, 0.05) is 24.2 Å². The van der Waals surface area contributed by atoms with Crippen LogP contribution in [0.15, 0.2) is 36.4 Å². The van der Waals surface area contributed by atoms with Gasteiger partial charge in [-0.1, -0.05) is 39.5 Å². The highest BCUT2D eigenvalue weighted by Crippen LogP contribution is 2.34. The van der Waals surface area contributed by atoms with E-state index < -0.39 is 24.3 Å². The Labute approximate surface area is 314 Å². The minimum atomic E-state index is -0.703. The number of amides is 4. The average molecular weight is 735 g/mol. The van der Waals surface area contributed by atoms with Crippen molar-refractivity contribution < 1.29 is 28.7 Å². The smallest absolute Gasteiger partial charge is 0.407 e. The van der Waals surface area contributed by atoms with Crippen molar-refractivity contribution in [2.24, 2.45) is 11.8 Å². The van der Waals surface area contributed by atoms with Crippen molar-refractivity contribution in [3.63, 3.8) is 0 Å². The summed E-state index contributed by atoms with van der Waals surface area (Å²) in [6.45, 7) is 8.71. The predicted octanol–water partition coefficient (Wildman–Crippen LogP) is 4.93. The first kappa shape index (κ1) is 37.7. The molecule has 2 aromatic carbocycles. The summed E-state index contributed by atoms with van der Waals surface area (Å²) >= 11 is 0. The summed E-state index contributed by atoms with van der Waals surface area (Å²) in [5, 5.41) is 5.36. The summed E-state index contributed by atoms with van der Waals surface area (Å²) in [6, 6.07) is 9.53. The highest BCUT2D eigenvalue weighted by molar-refractivity contribution is 5.87. The molecule has 282 valence electrons. The fourth-order valence-corrected chi connectivity index (χ4v) is 7.12. The number of carbonyl (C=O) groups excluding carboxylic acids is 4. The van der Waals surface area contributed by atoms with Crippen LogP contribution in [0.4, 0.5) is 9.59 Å². The molecule has 2 aliphatic heterocycles. The van der Waals surface area contributed by atoms with Crippen molar-refractivity contribution in [1.29, 1.82) is 0 Å². The minimum absolute atomic E-state index is 0.117. The summed E-state index contributed by atoms with van der Waals surface area (Å²) in [7, 11) is 2.56. The van der Waals surface area contributed by atoms with Gasteiger partial charge in [0.25, 0.3) is 0 Å². The van der Waals surface area contributed by atoms with Crippen LogP contribution in [0.3, 0.4) is 0 Å². The number of rotatable bonds is 8. The van der Waals surface area contributed by atoms with E-state index in [1.807, 2.05) is 64.1 Å². The number of nitrogens with zero attached hydrogens (tertiary/aromatic N) is 4. The van der Waals surface area contributed by atoms with Crippen molar-refractivity contribution >= 4 is 46.1 Å². The van der Waals surface area contributed by atoms with E-state index in [1.54, 1.807) is 9.80 Å². The summed E-state index contributed by atoms with van der Waals surface area (Å²) < 4.78 is 9.48. The Bertz CT molecular complexity index is 2030. The van der Waals surface area contributed by atoms with E-state index in [-0.39, 0.29) is 35.7 Å². The molecule has 2 saturated heterocycles. The number of hydrogen-bond acceptors (Lipinski definition) is 8. The first-order valence-corrected chi connectivity index (χ1v) is 18.3. The fraction of sp³-hybridized carbons (Fsp3) is 0.450. The number of alkyl carbamates (subject to hydrolysis) is 2. The number of hydrogen-bond donors (Lipinski definition) is 4. The van der Waals surface area contributed by atoms with E-state index in [1.165, 1.54) is 14.2 Å². The maximum atomic E-state index is 13.5. The molecule has 0 saturated carbocycles. The van der Waals surface area contributed by atoms with Gasteiger partial charge in [-0.15, -0.1) is 0 Å². The standard InChI is InChI=1S/C40H46N8O6/c1-23(2)33(45-39(51)53-5)37(49)47-19-9-13-31(47)35-41-27-17-15-25(21-29(27)43-35)11-7-8-12-26-16-18-28-30(22-26)44-36(42-28)32-14-10-20-48(32)38(50)34(24(3)4)46-40(52)54-6/h15-18,21-24,31-34H,9-10,13-14,19-20H2,1-6H3,(H,41,43)(H,42,44)(H,45,51)(H,46,52)/t31-,32-,33-,34+/m0/s1. The Morgan fingerprint density at radius 2 is 1.19 bits per heavy atom. The molecule has 2 fully saturated rings. The topological polar surface area (TPSA) is 175 Å². The maximum absolute atomic E-state index is 13.5. The lowest BCUT2D eigenvalue weighted by Gasteiger charge is -2.29. The lowest BCUT2D eigenvalue weighted by atomic mass is 10.0. The highest BCUT2D eigenvalue weighted by Gasteiger charge is 2.39. The quantitative estimate of drug-likeness (QED) is 0.184. The number of H-pyrrole nitrogens is 2. The summed E-state index contributed by atoms with van der Waals surface area (Å²) in [5.41, 5.74) is 4.66. The number of aromatic amines is 2. The van der Waals surface area contributed by atoms with Gasteiger partial charge in [-0.3, -0.25) is 9.59 Å². The van der Waals surface area contributed by atoms with E-state index in [4.69, 9.17) is 19.4 Å². The number of carbonyl (C=O) groups is 4. The number of benzene rings is 2. The fourth-order valence-electron chi connectivity index (χ4n) is 7.12. The molecule has 6 rings (SSSR count). The van der Waals surface area contributed by atoms with Gasteiger partial charge in [0.05, 0.1) is 48.4 Å². The third-order valence-corrected chi connectivity index (χ3v) is 9.96. The van der Waals surface area contributed by atoms with Gasteiger partial charge in [0.1, 0.15) is 23.7 Å². The van der Waals surface area contributed by atoms with Crippen LogP contribution in [-0.2, 0) is 19.1 Å². The van der Waals surface area contributed by atoms with Crippen LogP contribution in [-0.4, -0.2) is 93.1 Å². The molecule has 0 spiro atoms. The van der Waals surface area contributed by atoms with E-state index in [9.17, 15) is 19.2 Å². The van der Waals surface area contributed by atoms with Gasteiger partial charge in [-0.05, 0) is 85.8 Å². The van der Waals surface area contributed by atoms with Crippen molar-refractivity contribution in [1.82, 2.24) is 40.4 Å². The second-order valence-corrected chi connectivity index (χ2v) is 14.3. The number of methoxy groups -OCH3 is 2. The summed E-state index contributed by atoms with van der Waals surface area (Å²) in [4.78, 5) is 70.9. The zero-order valence-corrected chi connectivity index (χ0v) is 31.4. The van der Waals surface area contributed by atoms with Gasteiger partial charge in [0.2, 0.25) is 11.8 Å². The molecular formula is C40H46N8O6. The Kier molecular flexibility index (Phi) is 11.4. The van der Waals surface area contributed by atoms with Crippen molar-refractivity contribution in [2.45, 2.75) is 77.5 Å². The lowest BCUT2D eigenvalue weighted by Crippen LogP contribution is -2.51. The Morgan fingerprint density at radius 3 is 1.70 bits per heavy atom. The molecule has 2 aliphatic rings. The van der Waals surface area contributed by atoms with Gasteiger partial charge in [-0.25, -0.2) is 19.6 Å².